The maximum atomic E-state index is 11.8. The van der Waals surface area contributed by atoms with Gasteiger partial charge in [-0.05, 0) is 12.1 Å². The van der Waals surface area contributed by atoms with Crippen LogP contribution in [0.25, 0.3) is 0 Å². The van der Waals surface area contributed by atoms with Gasteiger partial charge in [-0.3, -0.25) is 24.2 Å². The van der Waals surface area contributed by atoms with Gasteiger partial charge < -0.3 is 11.1 Å². The number of benzene rings is 1. The van der Waals surface area contributed by atoms with E-state index < -0.39 is 11.1 Å². The molecule has 0 unspecified atom stereocenters. The van der Waals surface area contributed by atoms with Crippen LogP contribution in [0.3, 0.4) is 0 Å². The Kier molecular flexibility index (Phi) is 4.43. The summed E-state index contributed by atoms with van der Waals surface area (Å²) < 4.78 is 1.29. The lowest BCUT2D eigenvalue weighted by molar-refractivity contribution is -0.113. The summed E-state index contributed by atoms with van der Waals surface area (Å²) in [6, 6.07) is 6.88. The zero-order valence-electron chi connectivity index (χ0n) is 11.1. The quantitative estimate of drug-likeness (QED) is 0.408. The van der Waals surface area contributed by atoms with Crippen molar-refractivity contribution in [2.75, 3.05) is 16.8 Å². The van der Waals surface area contributed by atoms with Gasteiger partial charge in [0.05, 0.1) is 17.1 Å². The summed E-state index contributed by atoms with van der Waals surface area (Å²) in [4.78, 5) is 37.6. The molecule has 1 amide bonds. The second-order valence-electron chi connectivity index (χ2n) is 4.12. The maximum absolute atomic E-state index is 11.8. The topological polar surface area (TPSA) is 123 Å². The van der Waals surface area contributed by atoms with Gasteiger partial charge in [0.15, 0.2) is 5.16 Å². The molecule has 1 aromatic carbocycles. The van der Waals surface area contributed by atoms with Gasteiger partial charge in [-0.2, -0.15) is 4.98 Å². The number of nitrogens with two attached hydrogens (primary N) is 1. The smallest absolute Gasteiger partial charge is 0.339 e. The van der Waals surface area contributed by atoms with Gasteiger partial charge in [-0.1, -0.05) is 23.9 Å². The number of aryl methyl sites for hydroxylation is 1. The number of H-pyrrole nitrogens is 1. The molecule has 0 saturated heterocycles. The van der Waals surface area contributed by atoms with Gasteiger partial charge in [0.25, 0.3) is 0 Å². The van der Waals surface area contributed by atoms with Gasteiger partial charge >= 0.3 is 11.1 Å². The average Bonchev–Trinajstić information content (AvgIpc) is 2.44. The zero-order chi connectivity index (χ0) is 15.4. The van der Waals surface area contributed by atoms with E-state index in [9.17, 15) is 14.4 Å². The summed E-state index contributed by atoms with van der Waals surface area (Å²) >= 11 is 1.03. The minimum atomic E-state index is -0.886. The van der Waals surface area contributed by atoms with Crippen LogP contribution in [0.5, 0.6) is 0 Å². The molecular weight excluding hydrogens is 294 g/mol. The van der Waals surface area contributed by atoms with E-state index in [1.165, 1.54) is 11.7 Å². The molecule has 1 aromatic heterocycles. The number of nitrogen functional groups attached to an aromatic ring is 1. The van der Waals surface area contributed by atoms with Gasteiger partial charge in [-0.15, -0.1) is 0 Å². The highest BCUT2D eigenvalue weighted by Gasteiger charge is 2.09. The summed E-state index contributed by atoms with van der Waals surface area (Å²) in [6.45, 7) is 0. The molecule has 21 heavy (non-hydrogen) atoms. The Bertz CT molecular complexity index is 783. The molecule has 8 nitrogen and oxygen atoms in total. The maximum Gasteiger partial charge on any atom is 0.339 e. The summed E-state index contributed by atoms with van der Waals surface area (Å²) in [6.07, 6.45) is 0. The molecule has 9 heteroatoms. The molecule has 0 spiro atoms. The Balaban J connectivity index is 2.02. The molecule has 4 N–H and O–H groups in total. The van der Waals surface area contributed by atoms with E-state index in [4.69, 9.17) is 5.73 Å². The SMILES string of the molecule is Cn1[nH]c(=O)c(=O)nc1SCC(=O)Nc1ccccc1N. The molecule has 110 valence electrons. The highest BCUT2D eigenvalue weighted by atomic mass is 32.2. The molecule has 0 atom stereocenters. The van der Waals surface area contributed by atoms with Crippen LogP contribution in [0.2, 0.25) is 0 Å². The summed E-state index contributed by atoms with van der Waals surface area (Å²) in [7, 11) is 1.53. The fourth-order valence-corrected chi connectivity index (χ4v) is 2.24. The third-order valence-electron chi connectivity index (χ3n) is 2.51. The number of para-hydroxylation sites is 2. The number of carbonyl (C=O) groups is 1. The van der Waals surface area contributed by atoms with E-state index in [0.29, 0.717) is 11.4 Å². The van der Waals surface area contributed by atoms with Crippen LogP contribution in [0, 0.1) is 0 Å². The second kappa shape index (κ2) is 6.27. The molecule has 0 aliphatic heterocycles. The van der Waals surface area contributed by atoms with Gasteiger partial charge in [-0.25, -0.2) is 0 Å². The first-order valence-corrected chi connectivity index (χ1v) is 6.90. The number of nitrogens with one attached hydrogen (secondary N) is 2. The van der Waals surface area contributed by atoms with Gasteiger partial charge in [0, 0.05) is 7.05 Å². The van der Waals surface area contributed by atoms with E-state index in [1.54, 1.807) is 24.3 Å². The summed E-state index contributed by atoms with van der Waals surface area (Å²) in [5.41, 5.74) is 5.01. The Morgan fingerprint density at radius 1 is 1.43 bits per heavy atom. The second-order valence-corrected chi connectivity index (χ2v) is 5.07. The highest BCUT2D eigenvalue weighted by molar-refractivity contribution is 7.99. The average molecular weight is 307 g/mol. The fourth-order valence-electron chi connectivity index (χ4n) is 1.52. The normalized spacial score (nSPS) is 10.3. The number of amides is 1. The van der Waals surface area contributed by atoms with E-state index in [0.717, 1.165) is 11.8 Å². The minimum Gasteiger partial charge on any atom is -0.397 e. The van der Waals surface area contributed by atoms with Gasteiger partial charge in [0.1, 0.15) is 0 Å². The van der Waals surface area contributed by atoms with Gasteiger partial charge in [0.2, 0.25) is 5.91 Å². The molecule has 0 aliphatic carbocycles. The van der Waals surface area contributed by atoms with Crippen molar-refractivity contribution in [1.29, 1.82) is 0 Å². The lowest BCUT2D eigenvalue weighted by Gasteiger charge is -2.08. The first kappa shape index (κ1) is 14.9. The van der Waals surface area contributed by atoms with E-state index in [-0.39, 0.29) is 16.8 Å². The zero-order valence-corrected chi connectivity index (χ0v) is 11.9. The van der Waals surface area contributed by atoms with Crippen molar-refractivity contribution >= 4 is 29.0 Å². The molecule has 0 bridgehead atoms. The lowest BCUT2D eigenvalue weighted by atomic mass is 10.3. The van der Waals surface area contributed by atoms with E-state index in [2.05, 4.69) is 15.4 Å². The fraction of sp³-hybridized carbons (Fsp3) is 0.167. The number of aromatic nitrogens is 3. The van der Waals surface area contributed by atoms with E-state index >= 15 is 0 Å². The first-order valence-electron chi connectivity index (χ1n) is 5.92. The third-order valence-corrected chi connectivity index (χ3v) is 3.54. The summed E-state index contributed by atoms with van der Waals surface area (Å²) in [5.74, 6) is -0.265. The monoisotopic (exact) mass is 307 g/mol. The largest absolute Gasteiger partial charge is 0.397 e. The van der Waals surface area contributed by atoms with Crippen LogP contribution in [0.4, 0.5) is 11.4 Å². The van der Waals surface area contributed by atoms with Crippen molar-refractivity contribution in [2.45, 2.75) is 5.16 Å². The number of aromatic amines is 1. The Labute approximate surface area is 123 Å². The van der Waals surface area contributed by atoms with Crippen molar-refractivity contribution < 1.29 is 4.79 Å². The molecule has 2 aromatic rings. The first-order chi connectivity index (χ1) is 9.97. The Morgan fingerprint density at radius 3 is 2.86 bits per heavy atom. The number of nitrogens with zero attached hydrogens (tertiary/aromatic N) is 2. The van der Waals surface area contributed by atoms with Crippen molar-refractivity contribution in [3.05, 3.63) is 45.0 Å². The van der Waals surface area contributed by atoms with Crippen LogP contribution in [-0.2, 0) is 11.8 Å². The number of anilines is 2. The standard InChI is InChI=1S/C12H13N5O3S/c1-17-12(15-10(19)11(20)16-17)21-6-9(18)14-8-5-3-2-4-7(8)13/h2-5H,6,13H2,1H3,(H,14,18)(H,16,20). The molecule has 2 rings (SSSR count). The van der Waals surface area contributed by atoms with Crippen molar-refractivity contribution in [3.63, 3.8) is 0 Å². The molecule has 0 aliphatic rings. The van der Waals surface area contributed by atoms with Crippen LogP contribution >= 0.6 is 11.8 Å². The molecule has 0 fully saturated rings. The van der Waals surface area contributed by atoms with Crippen molar-refractivity contribution in [3.8, 4) is 0 Å². The molecule has 0 radical (unpaired) electrons. The van der Waals surface area contributed by atoms with Crippen LogP contribution < -0.4 is 22.2 Å². The Morgan fingerprint density at radius 2 is 2.14 bits per heavy atom. The van der Waals surface area contributed by atoms with E-state index in [1.807, 2.05) is 0 Å². The highest BCUT2D eigenvalue weighted by Crippen LogP contribution is 2.18. The number of hydrogen-bond acceptors (Lipinski definition) is 6. The minimum absolute atomic E-state index is 0.0284. The van der Waals surface area contributed by atoms with Crippen LogP contribution in [0.15, 0.2) is 39.0 Å². The van der Waals surface area contributed by atoms with Crippen molar-refractivity contribution in [2.24, 2.45) is 7.05 Å². The lowest BCUT2D eigenvalue weighted by Crippen LogP contribution is -2.34. The number of thioether (sulfide) groups is 1. The molecule has 1 heterocycles. The molecular formula is C12H13N5O3S. The number of rotatable bonds is 4. The summed E-state index contributed by atoms with van der Waals surface area (Å²) in [5, 5.41) is 5.20. The number of carbonyl (C=O) groups excluding carboxylic acids is 1. The van der Waals surface area contributed by atoms with Crippen molar-refractivity contribution in [1.82, 2.24) is 14.8 Å². The van der Waals surface area contributed by atoms with Crippen LogP contribution in [0.1, 0.15) is 0 Å². The predicted octanol–water partition coefficient (Wildman–Crippen LogP) is -0.218. The van der Waals surface area contributed by atoms with Crippen LogP contribution in [-0.4, -0.2) is 26.4 Å². The third kappa shape index (κ3) is 3.72. The predicted molar refractivity (Wildman–Crippen MR) is 80.3 cm³/mol. The number of hydrogen-bond donors (Lipinski definition) is 3. The Hall–Kier alpha value is -2.55. The molecule has 0 saturated carbocycles.